The quantitative estimate of drug-likeness (QED) is 0.533. The first kappa shape index (κ1) is 19.7. The number of nitrogens with zero attached hydrogens (tertiary/aromatic N) is 1. The van der Waals surface area contributed by atoms with Crippen molar-refractivity contribution in [3.05, 3.63) is 63.5 Å². The molecular formula is C20H18ClNO3S2. The Bertz CT molecular complexity index is 900. The lowest BCUT2D eigenvalue weighted by Crippen LogP contribution is -2.30. The average molecular weight is 420 g/mol. The first-order chi connectivity index (χ1) is 13.0. The van der Waals surface area contributed by atoms with E-state index in [0.717, 1.165) is 12.0 Å². The zero-order valence-electron chi connectivity index (χ0n) is 14.6. The molecule has 1 N–H and O–H groups in total. The number of halogens is 1. The molecule has 0 radical (unpaired) electrons. The number of aromatic hydroxyl groups is 1. The number of ether oxygens (including phenoxy) is 1. The third kappa shape index (κ3) is 4.64. The summed E-state index contributed by atoms with van der Waals surface area (Å²) in [5.74, 6) is 0.0602. The Hall–Kier alpha value is -2.02. The standard InChI is InChI=1S/C20H18ClNO3S2/c1-2-25-16-11-14(10-15(21)18(16)23)12-17-19(24)22(20(26)27-17)9-8-13-6-4-3-5-7-13/h3-7,10-12,23H,2,8-9H2,1H3/b17-12+. The van der Waals surface area contributed by atoms with Gasteiger partial charge in [0.1, 0.15) is 4.32 Å². The van der Waals surface area contributed by atoms with Crippen molar-refractivity contribution in [1.29, 1.82) is 0 Å². The van der Waals surface area contributed by atoms with Gasteiger partial charge in [0.25, 0.3) is 5.91 Å². The zero-order valence-corrected chi connectivity index (χ0v) is 17.0. The molecular weight excluding hydrogens is 402 g/mol. The van der Waals surface area contributed by atoms with E-state index in [1.54, 1.807) is 23.1 Å². The summed E-state index contributed by atoms with van der Waals surface area (Å²) in [4.78, 5) is 14.9. The van der Waals surface area contributed by atoms with Crippen LogP contribution in [0.2, 0.25) is 5.02 Å². The van der Waals surface area contributed by atoms with Crippen LogP contribution in [0.3, 0.4) is 0 Å². The predicted molar refractivity (Wildman–Crippen MR) is 114 cm³/mol. The number of benzene rings is 2. The fraction of sp³-hybridized carbons (Fsp3) is 0.200. The molecule has 0 atom stereocenters. The van der Waals surface area contributed by atoms with E-state index in [-0.39, 0.29) is 22.4 Å². The van der Waals surface area contributed by atoms with Crippen LogP contribution in [0.15, 0.2) is 47.4 Å². The maximum Gasteiger partial charge on any atom is 0.266 e. The van der Waals surface area contributed by atoms with Crippen molar-refractivity contribution in [1.82, 2.24) is 4.90 Å². The summed E-state index contributed by atoms with van der Waals surface area (Å²) in [6.07, 6.45) is 2.45. The van der Waals surface area contributed by atoms with Crippen LogP contribution in [0, 0.1) is 0 Å². The number of phenols is 1. The lowest BCUT2D eigenvalue weighted by molar-refractivity contribution is -0.122. The maximum absolute atomic E-state index is 12.7. The number of carbonyl (C=O) groups excluding carboxylic acids is 1. The van der Waals surface area contributed by atoms with E-state index in [2.05, 4.69) is 0 Å². The minimum Gasteiger partial charge on any atom is -0.503 e. The van der Waals surface area contributed by atoms with Gasteiger partial charge in [0, 0.05) is 6.54 Å². The molecule has 1 heterocycles. The van der Waals surface area contributed by atoms with Crippen molar-refractivity contribution < 1.29 is 14.6 Å². The first-order valence-corrected chi connectivity index (χ1v) is 10.0. The molecule has 1 amide bonds. The van der Waals surface area contributed by atoms with Crippen molar-refractivity contribution in [2.75, 3.05) is 13.2 Å². The highest BCUT2D eigenvalue weighted by atomic mass is 35.5. The molecule has 1 fully saturated rings. The molecule has 0 unspecified atom stereocenters. The molecule has 7 heteroatoms. The van der Waals surface area contributed by atoms with Gasteiger partial charge in [-0.25, -0.2) is 0 Å². The van der Waals surface area contributed by atoms with Crippen molar-refractivity contribution in [2.24, 2.45) is 0 Å². The number of amides is 1. The summed E-state index contributed by atoms with van der Waals surface area (Å²) in [5, 5.41) is 10.1. The average Bonchev–Trinajstić information content (AvgIpc) is 2.92. The summed E-state index contributed by atoms with van der Waals surface area (Å²) in [6.45, 7) is 2.75. The van der Waals surface area contributed by atoms with Crippen LogP contribution in [0.1, 0.15) is 18.1 Å². The van der Waals surface area contributed by atoms with Gasteiger partial charge >= 0.3 is 0 Å². The highest BCUT2D eigenvalue weighted by Gasteiger charge is 2.31. The van der Waals surface area contributed by atoms with Gasteiger partial charge in [0.05, 0.1) is 16.5 Å². The second-order valence-electron chi connectivity index (χ2n) is 5.85. The van der Waals surface area contributed by atoms with Crippen molar-refractivity contribution >= 4 is 51.9 Å². The summed E-state index contributed by atoms with van der Waals surface area (Å²) in [6, 6.07) is 13.2. The van der Waals surface area contributed by atoms with E-state index in [1.165, 1.54) is 11.8 Å². The van der Waals surface area contributed by atoms with E-state index in [0.29, 0.717) is 27.9 Å². The lowest BCUT2D eigenvalue weighted by atomic mass is 10.1. The summed E-state index contributed by atoms with van der Waals surface area (Å²) < 4.78 is 5.93. The van der Waals surface area contributed by atoms with Gasteiger partial charge in [-0.1, -0.05) is 65.9 Å². The van der Waals surface area contributed by atoms with E-state index in [1.807, 2.05) is 37.3 Å². The molecule has 4 nitrogen and oxygen atoms in total. The third-order valence-electron chi connectivity index (χ3n) is 3.99. The minimum absolute atomic E-state index is 0.105. The summed E-state index contributed by atoms with van der Waals surface area (Å²) >= 11 is 12.7. The molecule has 1 aliphatic heterocycles. The predicted octanol–water partition coefficient (Wildman–Crippen LogP) is 4.89. The number of hydrogen-bond acceptors (Lipinski definition) is 5. The third-order valence-corrected chi connectivity index (χ3v) is 5.65. The van der Waals surface area contributed by atoms with Gasteiger partial charge in [0.15, 0.2) is 11.5 Å². The second-order valence-corrected chi connectivity index (χ2v) is 7.93. The molecule has 2 aromatic carbocycles. The molecule has 0 aliphatic carbocycles. The Balaban J connectivity index is 1.78. The van der Waals surface area contributed by atoms with E-state index >= 15 is 0 Å². The van der Waals surface area contributed by atoms with Gasteiger partial charge in [-0.15, -0.1) is 0 Å². The summed E-state index contributed by atoms with van der Waals surface area (Å²) in [5.41, 5.74) is 1.83. The minimum atomic E-state index is -0.122. The van der Waals surface area contributed by atoms with Crippen LogP contribution in [0.4, 0.5) is 0 Å². The largest absolute Gasteiger partial charge is 0.503 e. The van der Waals surface area contributed by atoms with E-state index in [9.17, 15) is 9.90 Å². The van der Waals surface area contributed by atoms with Crippen molar-refractivity contribution in [2.45, 2.75) is 13.3 Å². The Morgan fingerprint density at radius 2 is 2.04 bits per heavy atom. The number of rotatable bonds is 6. The highest BCUT2D eigenvalue weighted by molar-refractivity contribution is 8.26. The molecule has 2 aromatic rings. The molecule has 27 heavy (non-hydrogen) atoms. The fourth-order valence-electron chi connectivity index (χ4n) is 2.67. The molecule has 1 saturated heterocycles. The van der Waals surface area contributed by atoms with Crippen LogP contribution >= 0.6 is 35.6 Å². The molecule has 0 spiro atoms. The lowest BCUT2D eigenvalue weighted by Gasteiger charge is -2.14. The van der Waals surface area contributed by atoms with Gasteiger partial charge < -0.3 is 9.84 Å². The number of hydrogen-bond donors (Lipinski definition) is 1. The Morgan fingerprint density at radius 1 is 1.30 bits per heavy atom. The number of thiocarbonyl (C=S) groups is 1. The number of phenolic OH excluding ortho intramolecular Hbond substituents is 1. The van der Waals surface area contributed by atoms with E-state index < -0.39 is 0 Å². The van der Waals surface area contributed by atoms with Gasteiger partial charge in [-0.2, -0.15) is 0 Å². The second kappa shape index (κ2) is 8.78. The zero-order chi connectivity index (χ0) is 19.4. The van der Waals surface area contributed by atoms with Crippen molar-refractivity contribution in [3.63, 3.8) is 0 Å². The Kier molecular flexibility index (Phi) is 6.42. The normalized spacial score (nSPS) is 15.6. The van der Waals surface area contributed by atoms with Crippen LogP contribution in [-0.2, 0) is 11.2 Å². The van der Waals surface area contributed by atoms with Gasteiger partial charge in [-0.3, -0.25) is 9.69 Å². The van der Waals surface area contributed by atoms with Crippen LogP contribution in [-0.4, -0.2) is 33.4 Å². The smallest absolute Gasteiger partial charge is 0.266 e. The molecule has 0 aromatic heterocycles. The Labute approximate surface area is 172 Å². The molecule has 1 aliphatic rings. The summed E-state index contributed by atoms with van der Waals surface area (Å²) in [7, 11) is 0. The monoisotopic (exact) mass is 419 g/mol. The van der Waals surface area contributed by atoms with E-state index in [4.69, 9.17) is 28.6 Å². The molecule has 140 valence electrons. The molecule has 0 bridgehead atoms. The Morgan fingerprint density at radius 3 is 2.74 bits per heavy atom. The SMILES string of the molecule is CCOc1cc(/C=C2/SC(=S)N(CCc3ccccc3)C2=O)cc(Cl)c1O. The maximum atomic E-state index is 12.7. The van der Waals surface area contributed by atoms with Crippen LogP contribution in [0.5, 0.6) is 11.5 Å². The van der Waals surface area contributed by atoms with Crippen LogP contribution < -0.4 is 4.74 Å². The highest BCUT2D eigenvalue weighted by Crippen LogP contribution is 2.38. The topological polar surface area (TPSA) is 49.8 Å². The van der Waals surface area contributed by atoms with Crippen LogP contribution in [0.25, 0.3) is 6.08 Å². The molecule has 3 rings (SSSR count). The molecule has 0 saturated carbocycles. The van der Waals surface area contributed by atoms with Gasteiger partial charge in [0.2, 0.25) is 0 Å². The fourth-order valence-corrected chi connectivity index (χ4v) is 4.20. The number of carbonyl (C=O) groups is 1. The van der Waals surface area contributed by atoms with Crippen molar-refractivity contribution in [3.8, 4) is 11.5 Å². The first-order valence-electron chi connectivity index (χ1n) is 8.44. The van der Waals surface area contributed by atoms with Gasteiger partial charge in [-0.05, 0) is 42.7 Å². The number of thioether (sulfide) groups is 1.